The third-order valence-corrected chi connectivity index (χ3v) is 3.98. The second-order valence-electron chi connectivity index (χ2n) is 6.04. The lowest BCUT2D eigenvalue weighted by molar-refractivity contribution is -0.125. The molecule has 5 heteroatoms. The Bertz CT molecular complexity index is 542. The van der Waals surface area contributed by atoms with E-state index in [1.54, 1.807) is 0 Å². The van der Waals surface area contributed by atoms with E-state index in [9.17, 15) is 9.59 Å². The molecule has 0 heterocycles. The number of amides is 2. The number of rotatable bonds is 7. The number of para-hydroxylation sites is 1. The first-order valence-electron chi connectivity index (χ1n) is 7.84. The number of carbonyl (C=O) groups is 2. The highest BCUT2D eigenvalue weighted by Gasteiger charge is 2.47. The molecule has 0 aromatic heterocycles. The molecule has 0 aliphatic heterocycles. The van der Waals surface area contributed by atoms with Crippen molar-refractivity contribution >= 4 is 17.5 Å². The lowest BCUT2D eigenvalue weighted by Crippen LogP contribution is -2.33. The van der Waals surface area contributed by atoms with E-state index in [4.69, 9.17) is 0 Å². The minimum atomic E-state index is -0.190. The van der Waals surface area contributed by atoms with E-state index in [0.29, 0.717) is 13.0 Å². The third-order valence-electron chi connectivity index (χ3n) is 3.98. The van der Waals surface area contributed by atoms with Crippen LogP contribution in [0, 0.1) is 11.8 Å². The Balaban J connectivity index is 1.82. The van der Waals surface area contributed by atoms with Gasteiger partial charge in [-0.2, -0.15) is 0 Å². The average molecular weight is 303 g/mol. The molecule has 0 spiro atoms. The van der Waals surface area contributed by atoms with Crippen molar-refractivity contribution in [3.05, 3.63) is 29.8 Å². The van der Waals surface area contributed by atoms with E-state index in [1.807, 2.05) is 43.3 Å². The van der Waals surface area contributed by atoms with E-state index in [1.165, 1.54) is 0 Å². The van der Waals surface area contributed by atoms with Crippen LogP contribution < -0.4 is 10.6 Å². The van der Waals surface area contributed by atoms with Crippen LogP contribution in [0.15, 0.2) is 24.3 Å². The van der Waals surface area contributed by atoms with Gasteiger partial charge >= 0.3 is 0 Å². The second-order valence-corrected chi connectivity index (χ2v) is 6.04. The van der Waals surface area contributed by atoms with Crippen molar-refractivity contribution in [3.63, 3.8) is 0 Å². The predicted octanol–water partition coefficient (Wildman–Crippen LogP) is 1.50. The lowest BCUT2D eigenvalue weighted by Gasteiger charge is -2.11. The number of aryl methyl sites for hydroxylation is 1. The van der Waals surface area contributed by atoms with Gasteiger partial charge in [-0.3, -0.25) is 9.59 Å². The lowest BCUT2D eigenvalue weighted by atomic mass is 10.1. The Morgan fingerprint density at radius 2 is 1.86 bits per heavy atom. The molecule has 1 saturated carbocycles. The first-order valence-corrected chi connectivity index (χ1v) is 7.84. The van der Waals surface area contributed by atoms with Gasteiger partial charge in [-0.25, -0.2) is 0 Å². The van der Waals surface area contributed by atoms with Gasteiger partial charge in [-0.15, -0.1) is 0 Å². The summed E-state index contributed by atoms with van der Waals surface area (Å²) < 4.78 is 0. The Kier molecular flexibility index (Phi) is 5.55. The van der Waals surface area contributed by atoms with Crippen LogP contribution in [0.4, 0.5) is 5.69 Å². The molecule has 0 radical (unpaired) electrons. The highest BCUT2D eigenvalue weighted by atomic mass is 16.2. The molecule has 0 saturated heterocycles. The Morgan fingerprint density at radius 3 is 2.55 bits per heavy atom. The molecule has 2 N–H and O–H groups in total. The fraction of sp³-hybridized carbons (Fsp3) is 0.529. The maximum atomic E-state index is 12.2. The Hall–Kier alpha value is -1.88. The molecule has 1 fully saturated rings. The van der Waals surface area contributed by atoms with Crippen LogP contribution in [-0.4, -0.2) is 43.9 Å². The molecular formula is C17H25N3O2. The smallest absolute Gasteiger partial charge is 0.228 e. The summed E-state index contributed by atoms with van der Waals surface area (Å²) in [6.07, 6.45) is 1.52. The highest BCUT2D eigenvalue weighted by Crippen LogP contribution is 2.39. The monoisotopic (exact) mass is 303 g/mol. The standard InChI is InChI=1S/C17H25N3O2/c1-4-12-7-5-6-8-15(12)19-17(22)14-11-13(14)16(21)18-9-10-20(2)3/h5-8,13-14H,4,9-11H2,1-3H3,(H,18,21)(H,19,22). The molecule has 1 aliphatic carbocycles. The second kappa shape index (κ2) is 7.40. The summed E-state index contributed by atoms with van der Waals surface area (Å²) in [5.74, 6) is -0.417. The van der Waals surface area contributed by atoms with Crippen molar-refractivity contribution in [1.29, 1.82) is 0 Å². The summed E-state index contributed by atoms with van der Waals surface area (Å²) in [6.45, 7) is 3.48. The van der Waals surface area contributed by atoms with E-state index >= 15 is 0 Å². The first kappa shape index (κ1) is 16.5. The summed E-state index contributed by atoms with van der Waals surface area (Å²) >= 11 is 0. The van der Waals surface area contributed by atoms with Crippen molar-refractivity contribution in [2.24, 2.45) is 11.8 Å². The van der Waals surface area contributed by atoms with Gasteiger partial charge in [0.1, 0.15) is 0 Å². The minimum absolute atomic E-state index is 0.00854. The van der Waals surface area contributed by atoms with E-state index in [0.717, 1.165) is 24.2 Å². The van der Waals surface area contributed by atoms with Gasteiger partial charge in [0.2, 0.25) is 11.8 Å². The van der Waals surface area contributed by atoms with E-state index in [2.05, 4.69) is 17.6 Å². The van der Waals surface area contributed by atoms with Crippen LogP contribution in [0.3, 0.4) is 0 Å². The first-order chi connectivity index (χ1) is 10.5. The fourth-order valence-corrected chi connectivity index (χ4v) is 2.48. The Morgan fingerprint density at radius 1 is 1.18 bits per heavy atom. The van der Waals surface area contributed by atoms with E-state index < -0.39 is 0 Å². The zero-order valence-electron chi connectivity index (χ0n) is 13.6. The average Bonchev–Trinajstić information content (AvgIpc) is 3.28. The normalized spacial score (nSPS) is 19.8. The van der Waals surface area contributed by atoms with Gasteiger partial charge in [0, 0.05) is 18.8 Å². The number of hydrogen-bond donors (Lipinski definition) is 2. The van der Waals surface area contributed by atoms with Crippen molar-refractivity contribution < 1.29 is 9.59 Å². The number of anilines is 1. The zero-order valence-corrected chi connectivity index (χ0v) is 13.6. The van der Waals surface area contributed by atoms with Crippen molar-refractivity contribution in [2.45, 2.75) is 19.8 Å². The fourth-order valence-electron chi connectivity index (χ4n) is 2.48. The number of benzene rings is 1. The highest BCUT2D eigenvalue weighted by molar-refractivity contribution is 5.99. The zero-order chi connectivity index (χ0) is 16.1. The molecule has 22 heavy (non-hydrogen) atoms. The molecule has 1 aromatic rings. The van der Waals surface area contributed by atoms with Gasteiger partial charge < -0.3 is 15.5 Å². The maximum absolute atomic E-state index is 12.2. The summed E-state index contributed by atoms with van der Waals surface area (Å²) in [6, 6.07) is 7.79. The van der Waals surface area contributed by atoms with Gasteiger partial charge in [-0.1, -0.05) is 25.1 Å². The van der Waals surface area contributed by atoms with Crippen LogP contribution in [0.1, 0.15) is 18.9 Å². The molecule has 120 valence electrons. The maximum Gasteiger partial charge on any atom is 0.228 e. The third kappa shape index (κ3) is 4.31. The summed E-state index contributed by atoms with van der Waals surface area (Å²) in [7, 11) is 3.93. The molecule has 5 nitrogen and oxygen atoms in total. The number of likely N-dealkylation sites (N-methyl/N-ethyl adjacent to an activating group) is 1. The van der Waals surface area contributed by atoms with Gasteiger partial charge in [0.05, 0.1) is 11.8 Å². The van der Waals surface area contributed by atoms with Crippen LogP contribution in [0.5, 0.6) is 0 Å². The molecule has 1 aromatic carbocycles. The van der Waals surface area contributed by atoms with Gasteiger partial charge in [0.15, 0.2) is 0 Å². The molecule has 2 amide bonds. The molecule has 0 bridgehead atoms. The summed E-state index contributed by atoms with van der Waals surface area (Å²) in [4.78, 5) is 26.2. The predicted molar refractivity (Wildman–Crippen MR) is 87.6 cm³/mol. The molecule has 2 unspecified atom stereocenters. The minimum Gasteiger partial charge on any atom is -0.355 e. The van der Waals surface area contributed by atoms with Crippen LogP contribution in [0.2, 0.25) is 0 Å². The van der Waals surface area contributed by atoms with Crippen LogP contribution >= 0.6 is 0 Å². The number of nitrogens with one attached hydrogen (secondary N) is 2. The number of nitrogens with zero attached hydrogens (tertiary/aromatic N) is 1. The topological polar surface area (TPSA) is 61.4 Å². The van der Waals surface area contributed by atoms with Crippen molar-refractivity contribution in [2.75, 3.05) is 32.5 Å². The molecule has 1 aliphatic rings. The quantitative estimate of drug-likeness (QED) is 0.802. The summed E-state index contributed by atoms with van der Waals surface area (Å²) in [5.41, 5.74) is 1.97. The SMILES string of the molecule is CCc1ccccc1NC(=O)C1CC1C(=O)NCCN(C)C. The summed E-state index contributed by atoms with van der Waals surface area (Å²) in [5, 5.41) is 5.84. The number of carbonyl (C=O) groups excluding carboxylic acids is 2. The molecule has 2 rings (SSSR count). The van der Waals surface area contributed by atoms with Crippen LogP contribution in [-0.2, 0) is 16.0 Å². The van der Waals surface area contributed by atoms with E-state index in [-0.39, 0.29) is 23.7 Å². The van der Waals surface area contributed by atoms with Crippen molar-refractivity contribution in [1.82, 2.24) is 10.2 Å². The molecular weight excluding hydrogens is 278 g/mol. The van der Waals surface area contributed by atoms with Crippen molar-refractivity contribution in [3.8, 4) is 0 Å². The Labute approximate surface area is 132 Å². The number of hydrogen-bond acceptors (Lipinski definition) is 3. The molecule has 2 atom stereocenters. The van der Waals surface area contributed by atoms with Crippen LogP contribution in [0.25, 0.3) is 0 Å². The largest absolute Gasteiger partial charge is 0.355 e. The van der Waals surface area contributed by atoms with Gasteiger partial charge in [0.25, 0.3) is 0 Å². The van der Waals surface area contributed by atoms with Gasteiger partial charge in [-0.05, 0) is 38.6 Å².